The summed E-state index contributed by atoms with van der Waals surface area (Å²) in [6.45, 7) is 0. The fourth-order valence-electron chi connectivity index (χ4n) is 4.65. The van der Waals surface area contributed by atoms with Crippen molar-refractivity contribution in [2.75, 3.05) is 0 Å². The monoisotopic (exact) mass is 362 g/mol. The number of hydrogen-bond donors (Lipinski definition) is 0. The van der Waals surface area contributed by atoms with Crippen molar-refractivity contribution in [2.45, 2.75) is 10.5 Å². The minimum Gasteiger partial charge on any atom is -0.136 e. The number of rotatable bonds is 2. The van der Waals surface area contributed by atoms with E-state index in [0.29, 0.717) is 10.5 Å². The molecule has 0 bridgehead atoms. The van der Waals surface area contributed by atoms with Crippen molar-refractivity contribution in [3.05, 3.63) is 119 Å². The Hall–Kier alpha value is -2.77. The zero-order chi connectivity index (χ0) is 17.8. The van der Waals surface area contributed by atoms with Gasteiger partial charge in [0.2, 0.25) is 0 Å². The first-order chi connectivity index (χ1) is 13.4. The predicted octanol–water partition coefficient (Wildman–Crippen LogP) is 7.26. The van der Waals surface area contributed by atoms with Crippen LogP contribution in [0.3, 0.4) is 0 Å². The Morgan fingerprint density at radius 1 is 0.370 bits per heavy atom. The molecule has 0 saturated heterocycles. The highest BCUT2D eigenvalue weighted by Gasteiger charge is 2.35. The Bertz CT molecular complexity index is 990. The van der Waals surface area contributed by atoms with Gasteiger partial charge < -0.3 is 0 Å². The minimum absolute atomic E-state index is 0.376. The molecule has 0 aromatic heterocycles. The van der Waals surface area contributed by atoms with Gasteiger partial charge in [-0.25, -0.2) is 0 Å². The highest BCUT2D eigenvalue weighted by Crippen LogP contribution is 2.59. The standard InChI is InChI=1S/C26H18S/c1-5-13-21-17(9-1)18-10-2-6-14-22(18)25(21)27-26-23-15-7-3-11-19(23)20-12-4-8-16-24(20)26/h1-16,25-26H. The average Bonchev–Trinajstić information content (AvgIpc) is 3.23. The summed E-state index contributed by atoms with van der Waals surface area (Å²) in [5.41, 5.74) is 11.4. The lowest BCUT2D eigenvalue weighted by Crippen LogP contribution is -1.98. The quantitative estimate of drug-likeness (QED) is 0.361. The van der Waals surface area contributed by atoms with Gasteiger partial charge in [0.25, 0.3) is 0 Å². The molecule has 2 aliphatic carbocycles. The van der Waals surface area contributed by atoms with Gasteiger partial charge in [-0.3, -0.25) is 0 Å². The van der Waals surface area contributed by atoms with Crippen LogP contribution in [0.5, 0.6) is 0 Å². The predicted molar refractivity (Wildman–Crippen MR) is 115 cm³/mol. The van der Waals surface area contributed by atoms with E-state index >= 15 is 0 Å². The van der Waals surface area contributed by atoms with Gasteiger partial charge in [-0.2, -0.15) is 0 Å². The summed E-state index contributed by atoms with van der Waals surface area (Å²) in [5, 5.41) is 0.753. The lowest BCUT2D eigenvalue weighted by atomic mass is 10.1. The second-order valence-corrected chi connectivity index (χ2v) is 8.46. The molecule has 0 aliphatic heterocycles. The molecule has 0 heterocycles. The molecule has 27 heavy (non-hydrogen) atoms. The smallest absolute Gasteiger partial charge is 0.0568 e. The highest BCUT2D eigenvalue weighted by molar-refractivity contribution is 8.00. The lowest BCUT2D eigenvalue weighted by Gasteiger charge is -2.20. The van der Waals surface area contributed by atoms with Gasteiger partial charge in [-0.1, -0.05) is 97.1 Å². The van der Waals surface area contributed by atoms with E-state index in [1.807, 2.05) is 0 Å². The largest absolute Gasteiger partial charge is 0.136 e. The van der Waals surface area contributed by atoms with Crippen LogP contribution in [0.25, 0.3) is 22.3 Å². The van der Waals surface area contributed by atoms with E-state index in [9.17, 15) is 0 Å². The molecule has 0 N–H and O–H groups in total. The Balaban J connectivity index is 1.51. The summed E-state index contributed by atoms with van der Waals surface area (Å²) in [6, 6.07) is 35.6. The Labute approximate surface area is 163 Å². The van der Waals surface area contributed by atoms with Crippen LogP contribution in [-0.2, 0) is 0 Å². The van der Waals surface area contributed by atoms with Crippen LogP contribution in [0, 0.1) is 0 Å². The normalized spacial score (nSPS) is 14.5. The molecule has 4 aromatic rings. The third-order valence-electron chi connectivity index (χ3n) is 5.83. The number of fused-ring (bicyclic) bond motifs is 6. The fraction of sp³-hybridized carbons (Fsp3) is 0.0769. The molecule has 128 valence electrons. The van der Waals surface area contributed by atoms with Crippen molar-refractivity contribution in [3.63, 3.8) is 0 Å². The van der Waals surface area contributed by atoms with Crippen molar-refractivity contribution < 1.29 is 0 Å². The zero-order valence-electron chi connectivity index (χ0n) is 14.8. The van der Waals surface area contributed by atoms with Gasteiger partial charge in [0.15, 0.2) is 0 Å². The maximum atomic E-state index is 2.31. The van der Waals surface area contributed by atoms with Crippen LogP contribution < -0.4 is 0 Å². The van der Waals surface area contributed by atoms with Crippen LogP contribution in [0.1, 0.15) is 32.8 Å². The second-order valence-electron chi connectivity index (χ2n) is 7.25. The van der Waals surface area contributed by atoms with Crippen LogP contribution in [0.4, 0.5) is 0 Å². The Kier molecular flexibility index (Phi) is 3.33. The third-order valence-corrected chi connectivity index (χ3v) is 7.39. The van der Waals surface area contributed by atoms with E-state index in [1.165, 1.54) is 44.5 Å². The molecule has 0 nitrogen and oxygen atoms in total. The molecule has 0 saturated carbocycles. The summed E-state index contributed by atoms with van der Waals surface area (Å²) < 4.78 is 0. The molecule has 4 aromatic carbocycles. The van der Waals surface area contributed by atoms with Gasteiger partial charge in [-0.15, -0.1) is 11.8 Å². The van der Waals surface area contributed by atoms with E-state index in [-0.39, 0.29) is 0 Å². The van der Waals surface area contributed by atoms with Crippen molar-refractivity contribution in [2.24, 2.45) is 0 Å². The molecular formula is C26H18S. The van der Waals surface area contributed by atoms with Gasteiger partial charge in [0, 0.05) is 0 Å². The van der Waals surface area contributed by atoms with Crippen molar-refractivity contribution in [3.8, 4) is 22.3 Å². The molecule has 0 amide bonds. The SMILES string of the molecule is c1ccc2c(c1)-c1ccccc1C2SC1c2ccccc2-c2ccccc21. The van der Waals surface area contributed by atoms with E-state index < -0.39 is 0 Å². The topological polar surface area (TPSA) is 0 Å². The van der Waals surface area contributed by atoms with Crippen molar-refractivity contribution in [1.29, 1.82) is 0 Å². The molecule has 2 aliphatic rings. The van der Waals surface area contributed by atoms with Crippen molar-refractivity contribution in [1.82, 2.24) is 0 Å². The molecule has 0 atom stereocenters. The third kappa shape index (κ3) is 2.18. The van der Waals surface area contributed by atoms with E-state index in [4.69, 9.17) is 0 Å². The van der Waals surface area contributed by atoms with Crippen LogP contribution in [-0.4, -0.2) is 0 Å². The molecule has 6 rings (SSSR count). The average molecular weight is 362 g/mol. The van der Waals surface area contributed by atoms with Gasteiger partial charge in [0.05, 0.1) is 10.5 Å². The van der Waals surface area contributed by atoms with Gasteiger partial charge >= 0.3 is 0 Å². The number of hydrogen-bond acceptors (Lipinski definition) is 1. The van der Waals surface area contributed by atoms with Gasteiger partial charge in [-0.05, 0) is 44.5 Å². The maximum absolute atomic E-state index is 2.31. The van der Waals surface area contributed by atoms with Crippen LogP contribution in [0.15, 0.2) is 97.1 Å². The van der Waals surface area contributed by atoms with Crippen LogP contribution >= 0.6 is 11.8 Å². The first-order valence-corrected chi connectivity index (χ1v) is 10.4. The summed E-state index contributed by atoms with van der Waals surface area (Å²) in [7, 11) is 0. The van der Waals surface area contributed by atoms with E-state index in [2.05, 4.69) is 109 Å². The Morgan fingerprint density at radius 2 is 0.630 bits per heavy atom. The first-order valence-electron chi connectivity index (χ1n) is 9.44. The van der Waals surface area contributed by atoms with Crippen LogP contribution in [0.2, 0.25) is 0 Å². The molecule has 0 spiro atoms. The fourth-order valence-corrected chi connectivity index (χ4v) is 6.33. The van der Waals surface area contributed by atoms with Crippen molar-refractivity contribution >= 4 is 11.8 Å². The lowest BCUT2D eigenvalue weighted by molar-refractivity contribution is 1.15. The summed E-state index contributed by atoms with van der Waals surface area (Å²) in [4.78, 5) is 0. The molecule has 1 heteroatoms. The number of thioether (sulfide) groups is 1. The second kappa shape index (κ2) is 5.87. The maximum Gasteiger partial charge on any atom is 0.0568 e. The molecule has 0 unspecified atom stereocenters. The first kappa shape index (κ1) is 15.3. The number of benzene rings is 4. The molecular weight excluding hydrogens is 344 g/mol. The van der Waals surface area contributed by atoms with E-state index in [1.54, 1.807) is 0 Å². The van der Waals surface area contributed by atoms with E-state index in [0.717, 1.165) is 0 Å². The Morgan fingerprint density at radius 3 is 0.926 bits per heavy atom. The molecule has 0 fully saturated rings. The highest BCUT2D eigenvalue weighted by atomic mass is 32.2. The summed E-state index contributed by atoms with van der Waals surface area (Å²) in [5.74, 6) is 0. The molecule has 0 radical (unpaired) electrons. The summed E-state index contributed by atoms with van der Waals surface area (Å²) >= 11 is 2.09. The zero-order valence-corrected chi connectivity index (χ0v) is 15.6. The minimum atomic E-state index is 0.376. The summed E-state index contributed by atoms with van der Waals surface area (Å²) in [6.07, 6.45) is 0. The van der Waals surface area contributed by atoms with Gasteiger partial charge in [0.1, 0.15) is 0 Å².